The van der Waals surface area contributed by atoms with Crippen LogP contribution in [-0.2, 0) is 0 Å². The number of pyridine rings is 1. The number of hydrogen-bond donors (Lipinski definition) is 0. The molecule has 0 aliphatic carbocycles. The third-order valence-electron chi connectivity index (χ3n) is 4.73. The van der Waals surface area contributed by atoms with Crippen LogP contribution in [0.4, 0.5) is 8.78 Å². The molecule has 0 spiro atoms. The van der Waals surface area contributed by atoms with Crippen LogP contribution in [0.15, 0.2) is 65.8 Å². The highest BCUT2D eigenvalue weighted by atomic mass is 19.1. The largest absolute Gasteiger partial charge is 0.298 e. The standard InChI is InChI=1S/C22H16F2N2O/c23-17-2-1-3-18(24)22(17)21-11-10-20(26-21)16-7-5-15(6-8-16)19-9-4-14(13-27)12-25-19/h1-9,12-13,20H,10-11H2. The van der Waals surface area contributed by atoms with Gasteiger partial charge in [-0.05, 0) is 42.7 Å². The Labute approximate surface area is 155 Å². The minimum absolute atomic E-state index is 0.0175. The van der Waals surface area contributed by atoms with Gasteiger partial charge in [-0.2, -0.15) is 0 Å². The van der Waals surface area contributed by atoms with E-state index in [0.29, 0.717) is 24.1 Å². The second kappa shape index (κ2) is 7.19. The van der Waals surface area contributed by atoms with Gasteiger partial charge in [0.25, 0.3) is 0 Å². The lowest BCUT2D eigenvalue weighted by molar-refractivity contribution is 0.112. The molecule has 0 saturated carbocycles. The Hall–Kier alpha value is -3.21. The topological polar surface area (TPSA) is 42.3 Å². The van der Waals surface area contributed by atoms with E-state index in [-0.39, 0.29) is 11.6 Å². The molecule has 5 heteroatoms. The second-order valence-electron chi connectivity index (χ2n) is 6.44. The first-order valence-corrected chi connectivity index (χ1v) is 8.68. The fourth-order valence-corrected chi connectivity index (χ4v) is 3.32. The lowest BCUT2D eigenvalue weighted by Crippen LogP contribution is -2.03. The van der Waals surface area contributed by atoms with Crippen molar-refractivity contribution in [3.63, 3.8) is 0 Å². The van der Waals surface area contributed by atoms with Crippen LogP contribution in [0.3, 0.4) is 0 Å². The molecule has 0 fully saturated rings. The third kappa shape index (κ3) is 3.40. The molecule has 0 amide bonds. The van der Waals surface area contributed by atoms with Crippen molar-refractivity contribution in [2.24, 2.45) is 4.99 Å². The molecule has 4 rings (SSSR count). The van der Waals surface area contributed by atoms with Crippen LogP contribution < -0.4 is 0 Å². The minimum atomic E-state index is -0.574. The predicted molar refractivity (Wildman–Crippen MR) is 99.9 cm³/mol. The molecule has 0 radical (unpaired) electrons. The van der Waals surface area contributed by atoms with E-state index in [1.807, 2.05) is 24.3 Å². The summed E-state index contributed by atoms with van der Waals surface area (Å²) < 4.78 is 28.0. The summed E-state index contributed by atoms with van der Waals surface area (Å²) in [4.78, 5) is 19.6. The zero-order chi connectivity index (χ0) is 18.8. The van der Waals surface area contributed by atoms with Crippen molar-refractivity contribution in [3.05, 3.63) is 89.1 Å². The summed E-state index contributed by atoms with van der Waals surface area (Å²) in [6.45, 7) is 0. The zero-order valence-electron chi connectivity index (χ0n) is 14.4. The summed E-state index contributed by atoms with van der Waals surface area (Å²) in [6.07, 6.45) is 3.55. The van der Waals surface area contributed by atoms with Gasteiger partial charge in [0.15, 0.2) is 6.29 Å². The van der Waals surface area contributed by atoms with Gasteiger partial charge in [0.05, 0.1) is 17.3 Å². The normalized spacial score (nSPS) is 16.2. The maximum Gasteiger partial charge on any atom is 0.151 e. The number of nitrogens with zero attached hydrogens (tertiary/aromatic N) is 2. The number of carbonyl (C=O) groups excluding carboxylic acids is 1. The summed E-state index contributed by atoms with van der Waals surface area (Å²) >= 11 is 0. The Morgan fingerprint density at radius 3 is 2.33 bits per heavy atom. The minimum Gasteiger partial charge on any atom is -0.298 e. The zero-order valence-corrected chi connectivity index (χ0v) is 14.4. The molecule has 1 aliphatic heterocycles. The summed E-state index contributed by atoms with van der Waals surface area (Å²) in [5.41, 5.74) is 3.69. The SMILES string of the molecule is O=Cc1ccc(-c2ccc(C3CCC(c4c(F)cccc4F)=N3)cc2)nc1. The Balaban J connectivity index is 1.57. The van der Waals surface area contributed by atoms with E-state index in [9.17, 15) is 13.6 Å². The first-order chi connectivity index (χ1) is 13.2. The van der Waals surface area contributed by atoms with E-state index in [1.54, 1.807) is 12.1 Å². The Morgan fingerprint density at radius 2 is 1.70 bits per heavy atom. The van der Waals surface area contributed by atoms with E-state index in [1.165, 1.54) is 24.4 Å². The van der Waals surface area contributed by atoms with Crippen molar-refractivity contribution in [1.29, 1.82) is 0 Å². The number of aldehydes is 1. The number of aliphatic imine (C=N–C) groups is 1. The van der Waals surface area contributed by atoms with E-state index < -0.39 is 11.6 Å². The van der Waals surface area contributed by atoms with Gasteiger partial charge in [-0.1, -0.05) is 30.3 Å². The van der Waals surface area contributed by atoms with Crippen LogP contribution in [0.1, 0.15) is 40.4 Å². The third-order valence-corrected chi connectivity index (χ3v) is 4.73. The average molecular weight is 362 g/mol. The number of rotatable bonds is 4. The van der Waals surface area contributed by atoms with Gasteiger partial charge in [0.1, 0.15) is 11.6 Å². The van der Waals surface area contributed by atoms with Crippen molar-refractivity contribution >= 4 is 12.0 Å². The number of aromatic nitrogens is 1. The summed E-state index contributed by atoms with van der Waals surface area (Å²) in [6, 6.07) is 15.1. The molecule has 2 aromatic carbocycles. The van der Waals surface area contributed by atoms with Crippen LogP contribution in [0, 0.1) is 11.6 Å². The number of hydrogen-bond acceptors (Lipinski definition) is 3. The highest BCUT2D eigenvalue weighted by Gasteiger charge is 2.24. The monoisotopic (exact) mass is 362 g/mol. The van der Waals surface area contributed by atoms with Gasteiger partial charge >= 0.3 is 0 Å². The summed E-state index contributed by atoms with van der Waals surface area (Å²) in [5, 5.41) is 0. The fraction of sp³-hybridized carbons (Fsp3) is 0.136. The first-order valence-electron chi connectivity index (χ1n) is 8.68. The molecule has 1 aliphatic rings. The highest BCUT2D eigenvalue weighted by molar-refractivity contribution is 6.02. The molecule has 2 heterocycles. The Morgan fingerprint density at radius 1 is 0.963 bits per heavy atom. The maximum absolute atomic E-state index is 14.0. The molecule has 0 saturated heterocycles. The van der Waals surface area contributed by atoms with Crippen LogP contribution in [-0.4, -0.2) is 17.0 Å². The number of halogens is 2. The van der Waals surface area contributed by atoms with Crippen molar-refractivity contribution in [2.75, 3.05) is 0 Å². The lowest BCUT2D eigenvalue weighted by atomic mass is 10.0. The van der Waals surface area contributed by atoms with Crippen molar-refractivity contribution in [2.45, 2.75) is 18.9 Å². The molecule has 0 N–H and O–H groups in total. The Kier molecular flexibility index (Phi) is 4.59. The predicted octanol–water partition coefficient (Wildman–Crippen LogP) is 5.16. The summed E-state index contributed by atoms with van der Waals surface area (Å²) in [5.74, 6) is -1.15. The number of benzene rings is 2. The van der Waals surface area contributed by atoms with E-state index >= 15 is 0 Å². The molecule has 134 valence electrons. The van der Waals surface area contributed by atoms with Gasteiger partial charge in [-0.3, -0.25) is 14.8 Å². The second-order valence-corrected chi connectivity index (χ2v) is 6.44. The van der Waals surface area contributed by atoms with Crippen LogP contribution >= 0.6 is 0 Å². The van der Waals surface area contributed by atoms with Crippen LogP contribution in [0.5, 0.6) is 0 Å². The maximum atomic E-state index is 14.0. The van der Waals surface area contributed by atoms with Gasteiger partial charge in [0.2, 0.25) is 0 Å². The van der Waals surface area contributed by atoms with E-state index in [4.69, 9.17) is 0 Å². The lowest BCUT2D eigenvalue weighted by Gasteiger charge is -2.08. The molecule has 27 heavy (non-hydrogen) atoms. The molecular formula is C22H16F2N2O. The van der Waals surface area contributed by atoms with E-state index in [2.05, 4.69) is 9.98 Å². The molecule has 3 aromatic rings. The summed E-state index contributed by atoms with van der Waals surface area (Å²) in [7, 11) is 0. The van der Waals surface area contributed by atoms with Crippen molar-refractivity contribution in [3.8, 4) is 11.3 Å². The molecule has 1 atom stereocenters. The Bertz CT molecular complexity index is 991. The van der Waals surface area contributed by atoms with Gasteiger partial charge in [-0.15, -0.1) is 0 Å². The van der Waals surface area contributed by atoms with Gasteiger partial charge in [-0.25, -0.2) is 8.78 Å². The smallest absolute Gasteiger partial charge is 0.151 e. The van der Waals surface area contributed by atoms with Crippen molar-refractivity contribution < 1.29 is 13.6 Å². The van der Waals surface area contributed by atoms with E-state index in [0.717, 1.165) is 23.1 Å². The quantitative estimate of drug-likeness (QED) is 0.601. The molecule has 1 unspecified atom stereocenters. The first kappa shape index (κ1) is 17.2. The fourth-order valence-electron chi connectivity index (χ4n) is 3.32. The highest BCUT2D eigenvalue weighted by Crippen LogP contribution is 2.33. The van der Waals surface area contributed by atoms with Gasteiger partial charge in [0, 0.05) is 23.0 Å². The molecule has 0 bridgehead atoms. The van der Waals surface area contributed by atoms with Gasteiger partial charge < -0.3 is 0 Å². The average Bonchev–Trinajstić information content (AvgIpc) is 3.18. The van der Waals surface area contributed by atoms with Crippen LogP contribution in [0.2, 0.25) is 0 Å². The molecule has 3 nitrogen and oxygen atoms in total. The van der Waals surface area contributed by atoms with Crippen molar-refractivity contribution in [1.82, 2.24) is 4.98 Å². The molecule has 1 aromatic heterocycles. The molecular weight excluding hydrogens is 346 g/mol. The van der Waals surface area contributed by atoms with Crippen LogP contribution in [0.25, 0.3) is 11.3 Å². The number of carbonyl (C=O) groups is 1.